The van der Waals surface area contributed by atoms with Crippen LogP contribution in [-0.4, -0.2) is 10.9 Å². The van der Waals surface area contributed by atoms with Gasteiger partial charge in [0.15, 0.2) is 5.13 Å². The summed E-state index contributed by atoms with van der Waals surface area (Å²) in [6, 6.07) is 7.57. The van der Waals surface area contributed by atoms with Gasteiger partial charge in [-0.15, -0.1) is 11.3 Å². The zero-order chi connectivity index (χ0) is 13.4. The first-order chi connectivity index (χ1) is 9.13. The number of benzene rings is 1. The van der Waals surface area contributed by atoms with Gasteiger partial charge in [0.1, 0.15) is 0 Å². The van der Waals surface area contributed by atoms with Gasteiger partial charge in [0.25, 0.3) is 0 Å². The van der Waals surface area contributed by atoms with E-state index in [0.717, 1.165) is 29.0 Å². The fourth-order valence-electron chi connectivity index (χ4n) is 1.88. The minimum atomic E-state index is 0.0939. The van der Waals surface area contributed by atoms with Crippen molar-refractivity contribution in [2.45, 2.75) is 19.8 Å². The highest BCUT2D eigenvalue weighted by atomic mass is 35.5. The number of nitrogens with one attached hydrogen (secondary N) is 1. The molecule has 0 radical (unpaired) electrons. The van der Waals surface area contributed by atoms with Crippen LogP contribution in [0.25, 0.3) is 11.3 Å². The van der Waals surface area contributed by atoms with Crippen molar-refractivity contribution in [2.75, 3.05) is 5.32 Å². The van der Waals surface area contributed by atoms with Crippen molar-refractivity contribution in [2.24, 2.45) is 5.92 Å². The topological polar surface area (TPSA) is 42.0 Å². The molecule has 1 aliphatic rings. The first-order valence-corrected chi connectivity index (χ1v) is 7.37. The number of carbonyl (C=O) groups excluding carboxylic acids is 1. The molecule has 1 aromatic carbocycles. The van der Waals surface area contributed by atoms with E-state index in [0.29, 0.717) is 10.2 Å². The molecule has 0 unspecified atom stereocenters. The van der Waals surface area contributed by atoms with E-state index in [2.05, 4.69) is 10.3 Å². The third-order valence-electron chi connectivity index (χ3n) is 3.09. The maximum absolute atomic E-state index is 11.7. The lowest BCUT2D eigenvalue weighted by atomic mass is 10.1. The number of rotatable bonds is 3. The molecule has 0 aliphatic heterocycles. The Bertz CT molecular complexity index is 617. The van der Waals surface area contributed by atoms with Gasteiger partial charge in [0.05, 0.1) is 5.69 Å². The van der Waals surface area contributed by atoms with E-state index in [1.807, 2.05) is 31.2 Å². The highest BCUT2D eigenvalue weighted by Gasteiger charge is 2.30. The minimum Gasteiger partial charge on any atom is -0.302 e. The molecule has 1 amide bonds. The molecule has 0 bridgehead atoms. The van der Waals surface area contributed by atoms with Crippen LogP contribution >= 0.6 is 22.9 Å². The number of hydrogen-bond donors (Lipinski definition) is 1. The number of aryl methyl sites for hydroxylation is 1. The third-order valence-corrected chi connectivity index (χ3v) is 4.23. The quantitative estimate of drug-likeness (QED) is 0.924. The molecular formula is C14H13ClN2OS. The average Bonchev–Trinajstić information content (AvgIpc) is 3.16. The maximum atomic E-state index is 11.7. The van der Waals surface area contributed by atoms with Crippen LogP contribution < -0.4 is 5.32 Å². The van der Waals surface area contributed by atoms with Crippen molar-refractivity contribution in [1.29, 1.82) is 0 Å². The standard InChI is InChI=1S/C14H13ClN2OS/c1-8-12(9-4-6-11(15)7-5-9)16-14(19-8)17-13(18)10-2-3-10/h4-7,10H,2-3H2,1H3,(H,16,17,18). The van der Waals surface area contributed by atoms with E-state index in [1.165, 1.54) is 11.3 Å². The van der Waals surface area contributed by atoms with Gasteiger partial charge in [-0.1, -0.05) is 23.7 Å². The van der Waals surface area contributed by atoms with Crippen molar-refractivity contribution >= 4 is 34.0 Å². The van der Waals surface area contributed by atoms with Crippen LogP contribution in [0.1, 0.15) is 17.7 Å². The van der Waals surface area contributed by atoms with Gasteiger partial charge in [0.2, 0.25) is 5.91 Å². The number of nitrogens with zero attached hydrogens (tertiary/aromatic N) is 1. The Kier molecular flexibility index (Phi) is 3.29. The van der Waals surface area contributed by atoms with Crippen LogP contribution in [0.2, 0.25) is 5.02 Å². The van der Waals surface area contributed by atoms with Gasteiger partial charge >= 0.3 is 0 Å². The molecule has 19 heavy (non-hydrogen) atoms. The largest absolute Gasteiger partial charge is 0.302 e. The van der Waals surface area contributed by atoms with E-state index in [-0.39, 0.29) is 11.8 Å². The highest BCUT2D eigenvalue weighted by Crippen LogP contribution is 2.34. The Hall–Kier alpha value is -1.39. The molecule has 98 valence electrons. The Morgan fingerprint density at radius 1 is 1.37 bits per heavy atom. The van der Waals surface area contributed by atoms with E-state index in [1.54, 1.807) is 0 Å². The van der Waals surface area contributed by atoms with Gasteiger partial charge in [-0.05, 0) is 31.9 Å². The summed E-state index contributed by atoms with van der Waals surface area (Å²) in [5.74, 6) is 0.291. The summed E-state index contributed by atoms with van der Waals surface area (Å²) in [5.41, 5.74) is 1.93. The van der Waals surface area contributed by atoms with Crippen LogP contribution in [0.5, 0.6) is 0 Å². The first kappa shape index (κ1) is 12.6. The molecule has 0 atom stereocenters. The summed E-state index contributed by atoms with van der Waals surface area (Å²) in [6.45, 7) is 2.01. The maximum Gasteiger partial charge on any atom is 0.229 e. The first-order valence-electron chi connectivity index (χ1n) is 6.18. The Morgan fingerprint density at radius 3 is 2.68 bits per heavy atom. The van der Waals surface area contributed by atoms with Gasteiger partial charge in [-0.3, -0.25) is 4.79 Å². The summed E-state index contributed by atoms with van der Waals surface area (Å²) in [5, 5.41) is 4.28. The monoisotopic (exact) mass is 292 g/mol. The Labute approximate surface area is 120 Å². The molecule has 1 aliphatic carbocycles. The van der Waals surface area contributed by atoms with Gasteiger partial charge < -0.3 is 5.32 Å². The third kappa shape index (κ3) is 2.80. The zero-order valence-electron chi connectivity index (χ0n) is 10.4. The zero-order valence-corrected chi connectivity index (χ0v) is 12.0. The predicted octanol–water partition coefficient (Wildman–Crippen LogP) is 4.12. The molecule has 1 fully saturated rings. The van der Waals surface area contributed by atoms with Crippen LogP contribution in [0, 0.1) is 12.8 Å². The number of hydrogen-bond acceptors (Lipinski definition) is 3. The SMILES string of the molecule is Cc1sc(NC(=O)C2CC2)nc1-c1ccc(Cl)cc1. The second kappa shape index (κ2) is 4.94. The molecule has 1 aromatic heterocycles. The lowest BCUT2D eigenvalue weighted by Crippen LogP contribution is -2.12. The summed E-state index contributed by atoms with van der Waals surface area (Å²) in [4.78, 5) is 17.3. The molecule has 2 aromatic rings. The molecule has 1 saturated carbocycles. The fourth-order valence-corrected chi connectivity index (χ4v) is 2.84. The summed E-state index contributed by atoms with van der Waals surface area (Å²) in [6.07, 6.45) is 2.00. The number of thiazole rings is 1. The van der Waals surface area contributed by atoms with Gasteiger partial charge in [-0.2, -0.15) is 0 Å². The average molecular weight is 293 g/mol. The normalized spacial score (nSPS) is 14.4. The number of anilines is 1. The molecule has 1 N–H and O–H groups in total. The molecule has 0 spiro atoms. The van der Waals surface area contributed by atoms with Crippen molar-refractivity contribution in [3.05, 3.63) is 34.2 Å². The van der Waals surface area contributed by atoms with Crippen LogP contribution in [0.15, 0.2) is 24.3 Å². The number of amides is 1. The summed E-state index contributed by atoms with van der Waals surface area (Å²) in [7, 11) is 0. The smallest absolute Gasteiger partial charge is 0.229 e. The van der Waals surface area contributed by atoms with Crippen molar-refractivity contribution in [3.63, 3.8) is 0 Å². The van der Waals surface area contributed by atoms with E-state index >= 15 is 0 Å². The van der Waals surface area contributed by atoms with Crippen molar-refractivity contribution in [3.8, 4) is 11.3 Å². The lowest BCUT2D eigenvalue weighted by molar-refractivity contribution is -0.117. The number of carbonyl (C=O) groups is 1. The molecule has 0 saturated heterocycles. The second-order valence-corrected chi connectivity index (χ2v) is 6.33. The predicted molar refractivity (Wildman–Crippen MR) is 78.7 cm³/mol. The van der Waals surface area contributed by atoms with Crippen LogP contribution in [0.4, 0.5) is 5.13 Å². The Balaban J connectivity index is 1.84. The Morgan fingerprint density at radius 2 is 2.05 bits per heavy atom. The van der Waals surface area contributed by atoms with Crippen molar-refractivity contribution < 1.29 is 4.79 Å². The fraction of sp³-hybridized carbons (Fsp3) is 0.286. The highest BCUT2D eigenvalue weighted by molar-refractivity contribution is 7.16. The van der Waals surface area contributed by atoms with Gasteiger partial charge in [-0.25, -0.2) is 4.98 Å². The lowest BCUT2D eigenvalue weighted by Gasteiger charge is -1.99. The van der Waals surface area contributed by atoms with E-state index in [4.69, 9.17) is 11.6 Å². The molecular weight excluding hydrogens is 280 g/mol. The molecule has 3 rings (SSSR count). The van der Waals surface area contributed by atoms with Crippen molar-refractivity contribution in [1.82, 2.24) is 4.98 Å². The van der Waals surface area contributed by atoms with E-state index < -0.39 is 0 Å². The van der Waals surface area contributed by atoms with Crippen LogP contribution in [-0.2, 0) is 4.79 Å². The number of halogens is 1. The molecule has 5 heteroatoms. The second-order valence-electron chi connectivity index (χ2n) is 4.69. The minimum absolute atomic E-state index is 0.0939. The molecule has 3 nitrogen and oxygen atoms in total. The number of aromatic nitrogens is 1. The molecule has 1 heterocycles. The van der Waals surface area contributed by atoms with Crippen LogP contribution in [0.3, 0.4) is 0 Å². The summed E-state index contributed by atoms with van der Waals surface area (Å²) < 4.78 is 0. The van der Waals surface area contributed by atoms with E-state index in [9.17, 15) is 4.79 Å². The van der Waals surface area contributed by atoms with Gasteiger partial charge in [0, 0.05) is 21.4 Å². The summed E-state index contributed by atoms with van der Waals surface area (Å²) >= 11 is 7.39.